The van der Waals surface area contributed by atoms with Crippen LogP contribution in [0.4, 0.5) is 0 Å². The summed E-state index contributed by atoms with van der Waals surface area (Å²) in [6.07, 6.45) is 0. The second-order valence-corrected chi connectivity index (χ2v) is 5.06. The predicted octanol–water partition coefficient (Wildman–Crippen LogP) is -8.18. The van der Waals surface area contributed by atoms with Gasteiger partial charge in [-0.15, -0.1) is 0 Å². The first kappa shape index (κ1) is 36.0. The Morgan fingerprint density at radius 3 is 1.14 bits per heavy atom. The molecule has 0 amide bonds. The molecule has 9 nitrogen and oxygen atoms in total. The Labute approximate surface area is 149 Å². The number of quaternary nitrogens is 2. The van der Waals surface area contributed by atoms with Crippen molar-refractivity contribution in [3.63, 3.8) is 0 Å². The predicted molar refractivity (Wildman–Crippen MR) is 34.1 cm³/mol. The van der Waals surface area contributed by atoms with Crippen molar-refractivity contribution in [3.05, 3.63) is 0 Å². The fourth-order valence-electron chi connectivity index (χ4n) is 0. The first-order valence-corrected chi connectivity index (χ1v) is 7.04. The Kier molecular flexibility index (Phi) is 40.5. The average Bonchev–Trinajstić information content (AvgIpc) is 1.12. The summed E-state index contributed by atoms with van der Waals surface area (Å²) in [5.41, 5.74) is 0. The SMILES string of the molecule is O=S(O)(O)=S.[I-].[K+].[NH4+].[NH4+].[O]=[Mo](=[O])([O-])[O-]. The van der Waals surface area contributed by atoms with E-state index >= 15 is 0 Å². The molecule has 0 aromatic heterocycles. The number of hydrogen-bond acceptors (Lipinski definition) is 6. The molecule has 0 atom stereocenters. The molecule has 14 heavy (non-hydrogen) atoms. The van der Waals surface area contributed by atoms with E-state index in [1.807, 2.05) is 0 Å². The standard InChI is InChI=1S/HI.K.Mo.2H3N.H2O3S2.4O/c;;;;;1-5(2,3)4;;;;/h1H;;;2*1H3;(H2,1,2,3,4);;;;/q;+1;;;;;;;2*-1/p+1. The van der Waals surface area contributed by atoms with Gasteiger partial charge < -0.3 is 36.3 Å². The quantitative estimate of drug-likeness (QED) is 0.194. The van der Waals surface area contributed by atoms with Gasteiger partial charge in [-0.2, -0.15) is 4.21 Å². The Morgan fingerprint density at radius 2 is 1.14 bits per heavy atom. The van der Waals surface area contributed by atoms with Crippen LogP contribution in [-0.4, -0.2) is 13.3 Å². The molecule has 88 valence electrons. The molecule has 0 saturated carbocycles. The summed E-state index contributed by atoms with van der Waals surface area (Å²) in [5, 5.41) is 0. The van der Waals surface area contributed by atoms with Crippen LogP contribution < -0.4 is 95.2 Å². The van der Waals surface area contributed by atoms with Crippen LogP contribution in [0, 0.1) is 0 Å². The van der Waals surface area contributed by atoms with Crippen molar-refractivity contribution < 1.29 is 120 Å². The molecule has 10 N–H and O–H groups in total. The molecule has 0 bridgehead atoms. The van der Waals surface area contributed by atoms with Gasteiger partial charge in [-0.1, -0.05) is 0 Å². The van der Waals surface area contributed by atoms with Crippen molar-refractivity contribution in [1.82, 2.24) is 12.3 Å². The number of halogens is 1. The van der Waals surface area contributed by atoms with Gasteiger partial charge in [-0.25, -0.2) is 0 Å². The van der Waals surface area contributed by atoms with Crippen LogP contribution in [-0.2, 0) is 43.8 Å². The minimum atomic E-state index is -6.02. The molecule has 0 heterocycles. The van der Waals surface area contributed by atoms with Crippen LogP contribution >= 0.6 is 0 Å². The second kappa shape index (κ2) is 15.8. The van der Waals surface area contributed by atoms with Crippen molar-refractivity contribution in [3.8, 4) is 0 Å². The Balaban J connectivity index is -0.0000000178. The van der Waals surface area contributed by atoms with Gasteiger partial charge in [0.15, 0.2) is 0 Å². The van der Waals surface area contributed by atoms with Crippen LogP contribution in [0.25, 0.3) is 0 Å². The average molecular weight is 476 g/mol. The first-order valence-electron chi connectivity index (χ1n) is 1.37. The summed E-state index contributed by atoms with van der Waals surface area (Å²) in [4.78, 5) is 0. The molecule has 0 saturated heterocycles. The number of hydrogen-bond donors (Lipinski definition) is 4. The molecule has 0 aliphatic carbocycles. The van der Waals surface area contributed by atoms with Crippen molar-refractivity contribution in [2.75, 3.05) is 0 Å². The zero-order chi connectivity index (χ0) is 9.00. The van der Waals surface area contributed by atoms with Crippen LogP contribution in [0.15, 0.2) is 0 Å². The maximum absolute atomic E-state index is 9.11. The zero-order valence-electron chi connectivity index (χ0n) is 7.54. The zero-order valence-corrected chi connectivity index (χ0v) is 16.5. The van der Waals surface area contributed by atoms with Gasteiger partial charge in [0.05, 0.1) is 0 Å². The van der Waals surface area contributed by atoms with E-state index in [9.17, 15) is 0 Å². The van der Waals surface area contributed by atoms with E-state index in [2.05, 4.69) is 11.2 Å². The summed E-state index contributed by atoms with van der Waals surface area (Å²) >= 11 is -2.55. The van der Waals surface area contributed by atoms with E-state index in [0.717, 1.165) is 0 Å². The van der Waals surface area contributed by atoms with Gasteiger partial charge in [-0.3, -0.25) is 9.11 Å². The normalized spacial score (nSPS) is 8.29. The molecule has 0 aliphatic heterocycles. The van der Waals surface area contributed by atoms with E-state index in [-0.39, 0.29) is 87.7 Å². The summed E-state index contributed by atoms with van der Waals surface area (Å²) in [7, 11) is -3.83. The molecule has 14 heteroatoms. The Morgan fingerprint density at radius 1 is 1.14 bits per heavy atom. The molecule has 0 rings (SSSR count). The van der Waals surface area contributed by atoms with Gasteiger partial charge >= 0.3 is 82.4 Å². The van der Waals surface area contributed by atoms with Crippen LogP contribution in [0.5, 0.6) is 0 Å². The van der Waals surface area contributed by atoms with E-state index in [0.29, 0.717) is 0 Å². The number of rotatable bonds is 0. The van der Waals surface area contributed by atoms with Gasteiger partial charge in [0.1, 0.15) is 0 Å². The molecule has 0 fully saturated rings. The topological polar surface area (TPSA) is 211 Å². The Bertz CT molecular complexity index is 226. The van der Waals surface area contributed by atoms with Crippen LogP contribution in [0.2, 0.25) is 0 Å². The maximum atomic E-state index is 9.11. The third kappa shape index (κ3) is 362. The summed E-state index contributed by atoms with van der Waals surface area (Å²) in [6.45, 7) is 0. The summed E-state index contributed by atoms with van der Waals surface area (Å²) in [5.74, 6) is 0. The molecule has 0 spiro atoms. The van der Waals surface area contributed by atoms with Gasteiger partial charge in [0.25, 0.3) is 9.05 Å². The minimum absolute atomic E-state index is 0. The van der Waals surface area contributed by atoms with Crippen molar-refractivity contribution in [1.29, 1.82) is 0 Å². The first-order chi connectivity index (χ1) is 4.00. The van der Waals surface area contributed by atoms with E-state index in [4.69, 9.17) is 27.6 Å². The summed E-state index contributed by atoms with van der Waals surface area (Å²) in [6, 6.07) is 0. The van der Waals surface area contributed by atoms with Crippen molar-refractivity contribution >= 4 is 20.2 Å². The third-order valence-electron chi connectivity index (χ3n) is 0. The fraction of sp³-hybridized carbons (Fsp3) is 0. The molecule has 0 unspecified atom stereocenters. The molecular weight excluding hydrogens is 466 g/mol. The van der Waals surface area contributed by atoms with Gasteiger partial charge in [0.2, 0.25) is 0 Å². The monoisotopic (exact) mass is 478 g/mol. The summed E-state index contributed by atoms with van der Waals surface area (Å²) < 4.78 is 58.5. The van der Waals surface area contributed by atoms with E-state index < -0.39 is 25.8 Å². The molecular formula is H10IKMoN2O7S2. The van der Waals surface area contributed by atoms with Crippen LogP contribution in [0.1, 0.15) is 0 Å². The molecule has 0 aliphatic rings. The molecule has 0 radical (unpaired) electrons. The molecule has 0 aromatic rings. The molecule has 0 aromatic carbocycles. The second-order valence-electron chi connectivity index (χ2n) is 0.856. The third-order valence-corrected chi connectivity index (χ3v) is 0. The van der Waals surface area contributed by atoms with Crippen LogP contribution in [0.3, 0.4) is 0 Å². The van der Waals surface area contributed by atoms with Crippen molar-refractivity contribution in [2.24, 2.45) is 0 Å². The van der Waals surface area contributed by atoms with E-state index in [1.165, 1.54) is 0 Å². The van der Waals surface area contributed by atoms with Gasteiger partial charge in [-0.05, 0) is 0 Å². The Hall–Kier alpha value is 2.78. The van der Waals surface area contributed by atoms with Gasteiger partial charge in [0, 0.05) is 11.2 Å². The van der Waals surface area contributed by atoms with E-state index in [1.54, 1.807) is 0 Å². The fourth-order valence-corrected chi connectivity index (χ4v) is 0. The van der Waals surface area contributed by atoms with Crippen molar-refractivity contribution in [2.45, 2.75) is 0 Å².